The first-order valence-electron chi connectivity index (χ1n) is 32.6. The molecule has 24 nitrogen and oxygen atoms in total. The molecule has 1 aliphatic rings. The molecule has 0 saturated carbocycles. The molecule has 0 unspecified atom stereocenters. The van der Waals surface area contributed by atoms with Crippen molar-refractivity contribution in [2.45, 2.75) is 235 Å². The van der Waals surface area contributed by atoms with Gasteiger partial charge in [0.15, 0.2) is 0 Å². The molecule has 1 rings (SSSR count). The van der Waals surface area contributed by atoms with Crippen molar-refractivity contribution in [2.24, 2.45) is 41.4 Å². The molecule has 0 aromatic heterocycles. The highest BCUT2D eigenvalue weighted by Crippen LogP contribution is 2.26. The molecule has 1 fully saturated rings. The summed E-state index contributed by atoms with van der Waals surface area (Å²) >= 11 is 0. The van der Waals surface area contributed by atoms with Gasteiger partial charge in [0.2, 0.25) is 65.0 Å². The fourth-order valence-electron chi connectivity index (χ4n) is 11.7. The molecular formula is C66H120N12O12. The van der Waals surface area contributed by atoms with Crippen LogP contribution in [0.15, 0.2) is 12.2 Å². The largest absolute Gasteiger partial charge is 0.390 e. The minimum atomic E-state index is -1.63. The standard InChI is InChI=1S/C66H120N12O12/c1-27-29-31-43(15)55(79)54-59(83)69-46(28-2)61(85)72(20)47(32-30-33-71(18)19)62(86)76(24)52(41(11)12)58(82)70-51(40(9)10)65(89)73(21)48(34-37(3)4)57(81)67-44(16)56(80)68-45(17)60(84)74(22)49(35-38(5)6)63(87)75(23)50(36-39(7)8)64(88)77(25)53(42(13)14)66(90)78(54)26/h27,29,37-55,79H,28,30-36H2,1-26H3,(H,67,81)(H,68,80)(H,69,83)(H,70,82)/b29-27+/t43-,44+,45-,46+,47-,48+,49+,50+,51+,52+,53+,54+,55-/m1/s1. The summed E-state index contributed by atoms with van der Waals surface area (Å²) in [6.07, 6.45) is 3.42. The lowest BCUT2D eigenvalue weighted by Crippen LogP contribution is -2.64. The Morgan fingerprint density at radius 1 is 0.456 bits per heavy atom. The van der Waals surface area contributed by atoms with Crippen molar-refractivity contribution in [3.8, 4) is 0 Å². The van der Waals surface area contributed by atoms with Crippen molar-refractivity contribution in [1.29, 1.82) is 0 Å². The van der Waals surface area contributed by atoms with Crippen LogP contribution in [0.3, 0.4) is 0 Å². The Balaban J connectivity index is 4.50. The predicted octanol–water partition coefficient (Wildman–Crippen LogP) is 3.59. The molecule has 516 valence electrons. The maximum absolute atomic E-state index is 15.3. The highest BCUT2D eigenvalue weighted by molar-refractivity contribution is 6.00. The van der Waals surface area contributed by atoms with Gasteiger partial charge in [-0.1, -0.05) is 109 Å². The zero-order chi connectivity index (χ0) is 69.8. The van der Waals surface area contributed by atoms with Gasteiger partial charge >= 0.3 is 0 Å². The van der Waals surface area contributed by atoms with Crippen LogP contribution in [0.25, 0.3) is 0 Å². The molecule has 0 spiro atoms. The molecule has 0 aromatic rings. The summed E-state index contributed by atoms with van der Waals surface area (Å²) in [5.41, 5.74) is 0. The molecule has 0 bridgehead atoms. The van der Waals surface area contributed by atoms with Gasteiger partial charge in [-0.05, 0) is 128 Å². The molecule has 1 saturated heterocycles. The average molecular weight is 1270 g/mol. The summed E-state index contributed by atoms with van der Waals surface area (Å²) in [5, 5.41) is 23.4. The van der Waals surface area contributed by atoms with E-state index in [-0.39, 0.29) is 49.9 Å². The Bertz CT molecular complexity index is 2450. The van der Waals surface area contributed by atoms with E-state index in [0.717, 1.165) is 4.90 Å². The number of allylic oxidation sites excluding steroid dienone is 2. The van der Waals surface area contributed by atoms with E-state index in [9.17, 15) is 29.1 Å². The van der Waals surface area contributed by atoms with Crippen LogP contribution in [0, 0.1) is 41.4 Å². The van der Waals surface area contributed by atoms with Crippen molar-refractivity contribution >= 4 is 65.0 Å². The molecule has 1 aliphatic heterocycles. The lowest BCUT2D eigenvalue weighted by Gasteiger charge is -2.41. The Hall–Kier alpha value is -6.17. The zero-order valence-corrected chi connectivity index (χ0v) is 59.8. The summed E-state index contributed by atoms with van der Waals surface area (Å²) in [6.45, 7) is 30.3. The molecule has 90 heavy (non-hydrogen) atoms. The lowest BCUT2D eigenvalue weighted by molar-refractivity contribution is -0.157. The summed E-state index contributed by atoms with van der Waals surface area (Å²) in [5.74, 6) is -10.1. The first-order chi connectivity index (χ1) is 41.5. The summed E-state index contributed by atoms with van der Waals surface area (Å²) in [7, 11) is 13.8. The van der Waals surface area contributed by atoms with Crippen LogP contribution in [0.5, 0.6) is 0 Å². The van der Waals surface area contributed by atoms with Crippen LogP contribution < -0.4 is 21.3 Å². The summed E-state index contributed by atoms with van der Waals surface area (Å²) < 4.78 is 0. The van der Waals surface area contributed by atoms with Gasteiger partial charge in [0.25, 0.3) is 0 Å². The Morgan fingerprint density at radius 2 is 0.867 bits per heavy atom. The molecule has 0 aliphatic carbocycles. The average Bonchev–Trinajstić information content (AvgIpc) is 1.20. The van der Waals surface area contributed by atoms with Gasteiger partial charge in [-0.25, -0.2) is 0 Å². The second-order valence-corrected chi connectivity index (χ2v) is 27.8. The Morgan fingerprint density at radius 3 is 1.32 bits per heavy atom. The summed E-state index contributed by atoms with van der Waals surface area (Å²) in [6, 6.07) is -13.7. The van der Waals surface area contributed by atoms with Crippen molar-refractivity contribution in [3.05, 3.63) is 12.2 Å². The molecule has 24 heteroatoms. The number of aliphatic hydroxyl groups is 1. The van der Waals surface area contributed by atoms with Crippen LogP contribution in [0.2, 0.25) is 0 Å². The molecule has 0 aromatic carbocycles. The maximum Gasteiger partial charge on any atom is 0.246 e. The van der Waals surface area contributed by atoms with Crippen molar-refractivity contribution in [1.82, 2.24) is 60.5 Å². The third-order valence-corrected chi connectivity index (χ3v) is 17.3. The number of aliphatic hydroxyl groups excluding tert-OH is 1. The van der Waals surface area contributed by atoms with Gasteiger partial charge in [0.05, 0.1) is 6.10 Å². The second kappa shape index (κ2) is 37.4. The zero-order valence-electron chi connectivity index (χ0n) is 59.8. The third kappa shape index (κ3) is 22.6. The van der Waals surface area contributed by atoms with Gasteiger partial charge in [0.1, 0.15) is 66.5 Å². The quantitative estimate of drug-likeness (QED) is 0.123. The predicted molar refractivity (Wildman–Crippen MR) is 351 cm³/mol. The third-order valence-electron chi connectivity index (χ3n) is 17.3. The first kappa shape index (κ1) is 81.8. The maximum atomic E-state index is 15.3. The van der Waals surface area contributed by atoms with Crippen molar-refractivity contribution < 1.29 is 57.8 Å². The van der Waals surface area contributed by atoms with E-state index in [1.165, 1.54) is 92.6 Å². The normalized spacial score (nSPS) is 27.0. The number of nitrogens with one attached hydrogen (secondary N) is 4. The number of carbonyl (C=O) groups excluding carboxylic acids is 11. The van der Waals surface area contributed by atoms with Crippen molar-refractivity contribution in [3.63, 3.8) is 0 Å². The highest BCUT2D eigenvalue weighted by Gasteiger charge is 2.46. The van der Waals surface area contributed by atoms with Crippen LogP contribution >= 0.6 is 0 Å². The van der Waals surface area contributed by atoms with Gasteiger partial charge < -0.3 is 65.6 Å². The van der Waals surface area contributed by atoms with E-state index < -0.39 is 161 Å². The fraction of sp³-hybridized carbons (Fsp3) is 0.803. The van der Waals surface area contributed by atoms with Crippen LogP contribution in [-0.2, 0) is 52.7 Å². The van der Waals surface area contributed by atoms with E-state index >= 15 is 28.8 Å². The lowest BCUT2D eigenvalue weighted by atomic mass is 9.91. The van der Waals surface area contributed by atoms with E-state index in [0.29, 0.717) is 19.4 Å². The van der Waals surface area contributed by atoms with E-state index in [1.54, 1.807) is 61.5 Å². The van der Waals surface area contributed by atoms with E-state index in [2.05, 4.69) is 21.3 Å². The number of rotatable bonds is 18. The number of nitrogens with zero attached hydrogens (tertiary/aromatic N) is 8. The molecule has 5 N–H and O–H groups in total. The molecule has 0 radical (unpaired) electrons. The van der Waals surface area contributed by atoms with Gasteiger partial charge in [-0.2, -0.15) is 0 Å². The number of hydrogen-bond donors (Lipinski definition) is 5. The van der Waals surface area contributed by atoms with E-state index in [1.807, 2.05) is 73.5 Å². The van der Waals surface area contributed by atoms with Crippen LogP contribution in [0.1, 0.15) is 163 Å². The van der Waals surface area contributed by atoms with Crippen LogP contribution in [0.4, 0.5) is 0 Å². The Labute approximate surface area is 540 Å². The Kier molecular flexibility index (Phi) is 34.0. The van der Waals surface area contributed by atoms with Gasteiger partial charge in [0, 0.05) is 49.3 Å². The smallest absolute Gasteiger partial charge is 0.246 e. The van der Waals surface area contributed by atoms with Gasteiger partial charge in [-0.3, -0.25) is 52.7 Å². The summed E-state index contributed by atoms with van der Waals surface area (Å²) in [4.78, 5) is 174. The SMILES string of the molecule is C/C=C/C[C@@H](C)[C@@H](O)[C@H]1C(=O)N[C@@H](CC)C(=O)N(C)[C@H](CCCN(C)C)C(=O)N(C)[C@@H](C(C)C)C(=O)N[C@@H](C(C)C)C(=O)N(C)[C@@H](CC(C)C)C(=O)N[C@@H](C)C(=O)N[C@H](C)C(=O)N(C)[C@@H](CC(C)C)C(=O)N(C)[C@@H](CC(C)C)C(=O)N(C)[C@@H](C(C)C)C(=O)N1C. The minimum absolute atomic E-state index is 0.0120. The molecule has 11 amide bonds. The molecule has 1 heterocycles. The molecular weight excluding hydrogens is 1150 g/mol. The topological polar surface area (TPSA) is 282 Å². The van der Waals surface area contributed by atoms with Crippen LogP contribution in [-0.4, -0.2) is 252 Å². The second-order valence-electron chi connectivity index (χ2n) is 27.8. The van der Waals surface area contributed by atoms with E-state index in [4.69, 9.17) is 0 Å². The highest BCUT2D eigenvalue weighted by atomic mass is 16.3. The number of likely N-dealkylation sites (N-methyl/N-ethyl adjacent to an activating group) is 7. The molecule has 13 atom stereocenters. The fourth-order valence-corrected chi connectivity index (χ4v) is 11.7. The monoisotopic (exact) mass is 1270 g/mol. The van der Waals surface area contributed by atoms with Crippen molar-refractivity contribution in [2.75, 3.05) is 70.0 Å². The number of carbonyl (C=O) groups is 11. The minimum Gasteiger partial charge on any atom is -0.390 e. The number of amides is 11. The first-order valence-corrected chi connectivity index (χ1v) is 32.6. The van der Waals surface area contributed by atoms with Gasteiger partial charge in [-0.15, -0.1) is 0 Å². The number of hydrogen-bond acceptors (Lipinski definition) is 13.